The highest BCUT2D eigenvalue weighted by molar-refractivity contribution is 5.74. The van der Waals surface area contributed by atoms with E-state index in [2.05, 4.69) is 5.32 Å². The minimum atomic E-state index is -0.742. The largest absolute Gasteiger partial charge is 0.497 e. The molecule has 1 saturated heterocycles. The molecule has 0 unspecified atom stereocenters. The first-order chi connectivity index (χ1) is 8.70. The van der Waals surface area contributed by atoms with Gasteiger partial charge in [-0.2, -0.15) is 0 Å². The summed E-state index contributed by atoms with van der Waals surface area (Å²) >= 11 is 0. The zero-order valence-corrected chi connectivity index (χ0v) is 10.6. The van der Waals surface area contributed by atoms with E-state index in [1.807, 2.05) is 24.3 Å². The summed E-state index contributed by atoms with van der Waals surface area (Å²) in [5.41, 5.74) is 1.16. The van der Waals surface area contributed by atoms with Gasteiger partial charge >= 0.3 is 5.97 Å². The van der Waals surface area contributed by atoms with Crippen molar-refractivity contribution in [1.29, 1.82) is 0 Å². The van der Waals surface area contributed by atoms with Crippen molar-refractivity contribution in [1.82, 2.24) is 5.32 Å². The molecule has 1 fully saturated rings. The van der Waals surface area contributed by atoms with Crippen LogP contribution >= 0.6 is 0 Å². The van der Waals surface area contributed by atoms with Gasteiger partial charge in [-0.25, -0.2) is 0 Å². The fraction of sp³-hybridized carbons (Fsp3) is 0.500. The molecule has 0 spiro atoms. The van der Waals surface area contributed by atoms with Gasteiger partial charge in [0.25, 0.3) is 0 Å². The van der Waals surface area contributed by atoms with E-state index in [1.54, 1.807) is 7.11 Å². The van der Waals surface area contributed by atoms with Gasteiger partial charge in [0.1, 0.15) is 11.8 Å². The SMILES string of the molecule is COc1ccc(C[C@@H]2CCCN[C@@H]2C(=O)O)cc1. The minimum absolute atomic E-state index is 0.171. The number of nitrogens with one attached hydrogen (secondary N) is 1. The Balaban J connectivity index is 2.03. The van der Waals surface area contributed by atoms with Crippen molar-refractivity contribution in [3.63, 3.8) is 0 Å². The first kappa shape index (κ1) is 12.9. The van der Waals surface area contributed by atoms with Crippen molar-refractivity contribution in [2.24, 2.45) is 5.92 Å². The Morgan fingerprint density at radius 2 is 2.17 bits per heavy atom. The number of hydrogen-bond acceptors (Lipinski definition) is 3. The number of carboxylic acid groups (broad SMARTS) is 1. The van der Waals surface area contributed by atoms with Crippen LogP contribution in [0.4, 0.5) is 0 Å². The lowest BCUT2D eigenvalue weighted by Crippen LogP contribution is -2.47. The summed E-state index contributed by atoms with van der Waals surface area (Å²) in [6.07, 6.45) is 2.81. The lowest BCUT2D eigenvalue weighted by Gasteiger charge is -2.29. The van der Waals surface area contributed by atoms with Crippen molar-refractivity contribution in [2.75, 3.05) is 13.7 Å². The van der Waals surface area contributed by atoms with E-state index in [9.17, 15) is 9.90 Å². The van der Waals surface area contributed by atoms with Crippen molar-refractivity contribution in [3.05, 3.63) is 29.8 Å². The second-order valence-electron chi connectivity index (χ2n) is 4.72. The number of carbonyl (C=O) groups is 1. The third-order valence-corrected chi connectivity index (χ3v) is 3.51. The van der Waals surface area contributed by atoms with Crippen LogP contribution in [0.1, 0.15) is 18.4 Å². The zero-order valence-electron chi connectivity index (χ0n) is 10.6. The van der Waals surface area contributed by atoms with E-state index < -0.39 is 12.0 Å². The van der Waals surface area contributed by atoms with Gasteiger partial charge in [0.05, 0.1) is 7.11 Å². The molecule has 1 aliphatic rings. The van der Waals surface area contributed by atoms with Crippen LogP contribution in [0, 0.1) is 5.92 Å². The highest BCUT2D eigenvalue weighted by atomic mass is 16.5. The molecule has 0 aromatic heterocycles. The quantitative estimate of drug-likeness (QED) is 0.852. The molecule has 1 aromatic carbocycles. The third kappa shape index (κ3) is 3.01. The molecular weight excluding hydrogens is 230 g/mol. The second-order valence-corrected chi connectivity index (χ2v) is 4.72. The van der Waals surface area contributed by atoms with Crippen LogP contribution in [0.25, 0.3) is 0 Å². The normalized spacial score (nSPS) is 23.6. The first-order valence-corrected chi connectivity index (χ1v) is 6.30. The molecule has 0 amide bonds. The van der Waals surface area contributed by atoms with E-state index in [4.69, 9.17) is 4.74 Å². The van der Waals surface area contributed by atoms with Gasteiger partial charge in [0.2, 0.25) is 0 Å². The highest BCUT2D eigenvalue weighted by Crippen LogP contribution is 2.23. The number of aliphatic carboxylic acids is 1. The molecule has 0 aliphatic carbocycles. The zero-order chi connectivity index (χ0) is 13.0. The van der Waals surface area contributed by atoms with Gasteiger partial charge in [-0.15, -0.1) is 0 Å². The topological polar surface area (TPSA) is 58.6 Å². The predicted molar refractivity (Wildman–Crippen MR) is 68.8 cm³/mol. The van der Waals surface area contributed by atoms with E-state index in [1.165, 1.54) is 0 Å². The van der Waals surface area contributed by atoms with E-state index in [0.29, 0.717) is 0 Å². The van der Waals surface area contributed by atoms with Gasteiger partial charge in [-0.1, -0.05) is 12.1 Å². The molecule has 2 atom stereocenters. The fourth-order valence-corrected chi connectivity index (χ4v) is 2.53. The summed E-state index contributed by atoms with van der Waals surface area (Å²) in [4.78, 5) is 11.2. The van der Waals surface area contributed by atoms with Gasteiger partial charge in [-0.05, 0) is 49.4 Å². The fourth-order valence-electron chi connectivity index (χ4n) is 2.53. The average Bonchev–Trinajstić information content (AvgIpc) is 2.40. The van der Waals surface area contributed by atoms with E-state index in [0.717, 1.165) is 37.1 Å². The van der Waals surface area contributed by atoms with E-state index >= 15 is 0 Å². The number of piperidine rings is 1. The summed E-state index contributed by atoms with van der Waals surface area (Å²) in [5, 5.41) is 12.3. The van der Waals surface area contributed by atoms with Crippen LogP contribution in [-0.4, -0.2) is 30.8 Å². The van der Waals surface area contributed by atoms with Crippen LogP contribution in [0.5, 0.6) is 5.75 Å². The molecule has 1 aliphatic heterocycles. The van der Waals surface area contributed by atoms with Gasteiger partial charge in [0.15, 0.2) is 0 Å². The summed E-state index contributed by atoms with van der Waals surface area (Å²) in [6, 6.07) is 7.43. The number of carboxylic acids is 1. The van der Waals surface area contributed by atoms with Crippen LogP contribution < -0.4 is 10.1 Å². The molecule has 98 valence electrons. The molecule has 2 N–H and O–H groups in total. The molecule has 1 heterocycles. The number of methoxy groups -OCH3 is 1. The van der Waals surface area contributed by atoms with Gasteiger partial charge in [-0.3, -0.25) is 4.79 Å². The molecule has 2 rings (SSSR count). The molecular formula is C14H19NO3. The van der Waals surface area contributed by atoms with Crippen LogP contribution in [0.2, 0.25) is 0 Å². The Hall–Kier alpha value is -1.55. The molecule has 0 bridgehead atoms. The minimum Gasteiger partial charge on any atom is -0.497 e. The molecule has 1 aromatic rings. The highest BCUT2D eigenvalue weighted by Gasteiger charge is 2.30. The number of rotatable bonds is 4. The maximum absolute atomic E-state index is 11.2. The number of ether oxygens (including phenoxy) is 1. The summed E-state index contributed by atoms with van der Waals surface area (Å²) < 4.78 is 5.11. The molecule has 0 saturated carbocycles. The number of benzene rings is 1. The number of hydrogen-bond donors (Lipinski definition) is 2. The Morgan fingerprint density at radius 1 is 1.44 bits per heavy atom. The predicted octanol–water partition coefficient (Wildman–Crippen LogP) is 1.69. The second kappa shape index (κ2) is 5.87. The van der Waals surface area contributed by atoms with Gasteiger partial charge < -0.3 is 15.2 Å². The van der Waals surface area contributed by atoms with Crippen molar-refractivity contribution >= 4 is 5.97 Å². The molecule has 4 heteroatoms. The lowest BCUT2D eigenvalue weighted by atomic mass is 9.85. The Labute approximate surface area is 107 Å². The van der Waals surface area contributed by atoms with Crippen LogP contribution in [0.15, 0.2) is 24.3 Å². The smallest absolute Gasteiger partial charge is 0.320 e. The molecule has 4 nitrogen and oxygen atoms in total. The van der Waals surface area contributed by atoms with Crippen LogP contribution in [0.3, 0.4) is 0 Å². The van der Waals surface area contributed by atoms with Crippen molar-refractivity contribution in [2.45, 2.75) is 25.3 Å². The third-order valence-electron chi connectivity index (χ3n) is 3.51. The van der Waals surface area contributed by atoms with Crippen LogP contribution in [-0.2, 0) is 11.2 Å². The lowest BCUT2D eigenvalue weighted by molar-refractivity contribution is -0.141. The maximum atomic E-state index is 11.2. The van der Waals surface area contributed by atoms with Crippen molar-refractivity contribution in [3.8, 4) is 5.75 Å². The Bertz CT molecular complexity index is 402. The van der Waals surface area contributed by atoms with E-state index in [-0.39, 0.29) is 5.92 Å². The summed E-state index contributed by atoms with van der Waals surface area (Å²) in [6.45, 7) is 0.802. The molecule has 18 heavy (non-hydrogen) atoms. The van der Waals surface area contributed by atoms with Gasteiger partial charge in [0, 0.05) is 0 Å². The van der Waals surface area contributed by atoms with Crippen molar-refractivity contribution < 1.29 is 14.6 Å². The Kier molecular flexibility index (Phi) is 4.20. The molecule has 0 radical (unpaired) electrons. The monoisotopic (exact) mass is 249 g/mol. The standard InChI is InChI=1S/C14H19NO3/c1-18-12-6-4-10(5-7-12)9-11-3-2-8-15-13(11)14(16)17/h4-7,11,13,15H,2-3,8-9H2,1H3,(H,16,17)/t11-,13-/m0/s1. The summed E-state index contributed by atoms with van der Waals surface area (Å²) in [7, 11) is 1.64. The first-order valence-electron chi connectivity index (χ1n) is 6.30. The average molecular weight is 249 g/mol. The Morgan fingerprint density at radius 3 is 2.78 bits per heavy atom. The summed E-state index contributed by atoms with van der Waals surface area (Å²) in [5.74, 6) is 0.258. The maximum Gasteiger partial charge on any atom is 0.320 e.